The number of aromatic nitrogens is 3. The summed E-state index contributed by atoms with van der Waals surface area (Å²) < 4.78 is 67.7. The minimum Gasteiger partial charge on any atom is -0.395 e. The van der Waals surface area contributed by atoms with Gasteiger partial charge in [0.2, 0.25) is 10.0 Å². The van der Waals surface area contributed by atoms with E-state index in [4.69, 9.17) is 0 Å². The molecule has 1 aliphatic rings. The molecule has 12 heteroatoms. The lowest BCUT2D eigenvalue weighted by Crippen LogP contribution is -2.37. The first-order valence-electron chi connectivity index (χ1n) is 11.5. The van der Waals surface area contributed by atoms with Crippen LogP contribution in [0.25, 0.3) is 22.2 Å². The molecular formula is C25H22F3N5O3S. The molecule has 37 heavy (non-hydrogen) atoms. The van der Waals surface area contributed by atoms with Crippen LogP contribution < -0.4 is 5.32 Å². The fraction of sp³-hybridized carbons (Fsp3) is 0.240. The second-order valence-corrected chi connectivity index (χ2v) is 10.5. The first-order valence-corrected chi connectivity index (χ1v) is 12.9. The number of alkyl halides is 3. The molecule has 0 aliphatic carbocycles. The molecule has 5 rings (SSSR count). The monoisotopic (exact) mass is 529 g/mol. The molecule has 1 fully saturated rings. The average Bonchev–Trinajstić information content (AvgIpc) is 3.39. The fourth-order valence-electron chi connectivity index (χ4n) is 4.46. The largest absolute Gasteiger partial charge is 0.418 e. The van der Waals surface area contributed by atoms with Gasteiger partial charge >= 0.3 is 6.18 Å². The Morgan fingerprint density at radius 3 is 2.57 bits per heavy atom. The van der Waals surface area contributed by atoms with Crippen LogP contribution in [0.1, 0.15) is 18.4 Å². The molecular weight excluding hydrogens is 507 g/mol. The van der Waals surface area contributed by atoms with E-state index in [1.807, 2.05) is 0 Å². The van der Waals surface area contributed by atoms with Gasteiger partial charge in [0.15, 0.2) is 0 Å². The van der Waals surface area contributed by atoms with Crippen molar-refractivity contribution in [2.45, 2.75) is 30.0 Å². The second-order valence-electron chi connectivity index (χ2n) is 8.60. The van der Waals surface area contributed by atoms with Crippen molar-refractivity contribution in [2.75, 3.05) is 18.5 Å². The zero-order chi connectivity index (χ0) is 26.2. The highest BCUT2D eigenvalue weighted by Gasteiger charge is 2.35. The van der Waals surface area contributed by atoms with Crippen molar-refractivity contribution in [3.8, 4) is 11.3 Å². The molecule has 1 saturated heterocycles. The predicted molar refractivity (Wildman–Crippen MR) is 131 cm³/mol. The molecule has 0 unspecified atom stereocenters. The van der Waals surface area contributed by atoms with Crippen LogP contribution in [-0.2, 0) is 16.2 Å². The molecule has 2 aromatic heterocycles. The van der Waals surface area contributed by atoms with Crippen molar-refractivity contribution < 1.29 is 26.7 Å². The maximum atomic E-state index is 13.5. The lowest BCUT2D eigenvalue weighted by Gasteiger charge is -2.22. The standard InChI is InChI=1S/C25H22F3N5O3S/c26-25(27,28)21-4-1-11-29-23(21)16-5-10-20-22(13-16)30-15-31-24(20)32-17-6-8-19(9-7-17)37(35,36)33-12-2-3-18(33)14-34/h1,4-11,13,15,18,34H,2-3,12,14H2,(H,30,31,32)/t18-/m1/s1. The van der Waals surface area contributed by atoms with Crippen molar-refractivity contribution in [3.05, 3.63) is 72.7 Å². The SMILES string of the molecule is O=S(=O)(c1ccc(Nc2ncnc3cc(-c4ncccc4C(F)(F)F)ccc23)cc1)N1CCC[C@@H]1CO. The van der Waals surface area contributed by atoms with E-state index in [0.29, 0.717) is 41.8 Å². The highest BCUT2D eigenvalue weighted by molar-refractivity contribution is 7.89. The normalized spacial score (nSPS) is 16.8. The summed E-state index contributed by atoms with van der Waals surface area (Å²) in [5.41, 5.74) is 0.214. The Bertz CT molecular complexity index is 1550. The molecule has 192 valence electrons. The van der Waals surface area contributed by atoms with E-state index < -0.39 is 27.8 Å². The summed E-state index contributed by atoms with van der Waals surface area (Å²) in [6.45, 7) is 0.144. The number of fused-ring (bicyclic) bond motifs is 1. The Labute approximate surface area is 210 Å². The second kappa shape index (κ2) is 9.69. The van der Waals surface area contributed by atoms with Crippen molar-refractivity contribution in [1.29, 1.82) is 0 Å². The van der Waals surface area contributed by atoms with Gasteiger partial charge in [-0.05, 0) is 61.4 Å². The number of hydrogen-bond acceptors (Lipinski definition) is 7. The molecule has 2 N–H and O–H groups in total. The predicted octanol–water partition coefficient (Wildman–Crippen LogP) is 4.60. The minimum absolute atomic E-state index is 0.117. The number of aliphatic hydroxyl groups is 1. The van der Waals surface area contributed by atoms with Crippen molar-refractivity contribution >= 4 is 32.4 Å². The van der Waals surface area contributed by atoms with Crippen LogP contribution in [0.4, 0.5) is 24.7 Å². The topological polar surface area (TPSA) is 108 Å². The number of sulfonamides is 1. The molecule has 0 spiro atoms. The number of halogens is 3. The number of aliphatic hydroxyl groups excluding tert-OH is 1. The summed E-state index contributed by atoms with van der Waals surface area (Å²) in [6, 6.07) is 12.6. The molecule has 2 aromatic carbocycles. The van der Waals surface area contributed by atoms with Crippen LogP contribution >= 0.6 is 0 Å². The molecule has 0 amide bonds. The Morgan fingerprint density at radius 1 is 1.05 bits per heavy atom. The van der Waals surface area contributed by atoms with Gasteiger partial charge in [0, 0.05) is 35.4 Å². The van der Waals surface area contributed by atoms with Crippen molar-refractivity contribution in [2.24, 2.45) is 0 Å². The van der Waals surface area contributed by atoms with Crippen LogP contribution in [0, 0.1) is 0 Å². The number of nitrogens with one attached hydrogen (secondary N) is 1. The summed E-state index contributed by atoms with van der Waals surface area (Å²) in [5, 5.41) is 13.2. The third-order valence-corrected chi connectivity index (χ3v) is 8.25. The fourth-order valence-corrected chi connectivity index (χ4v) is 6.14. The van der Waals surface area contributed by atoms with E-state index >= 15 is 0 Å². The summed E-state index contributed by atoms with van der Waals surface area (Å²) in [6.07, 6.45) is -0.636. The van der Waals surface area contributed by atoms with E-state index in [9.17, 15) is 26.7 Å². The summed E-state index contributed by atoms with van der Waals surface area (Å²) in [5.74, 6) is 0.407. The molecule has 1 aliphatic heterocycles. The molecule has 8 nitrogen and oxygen atoms in total. The lowest BCUT2D eigenvalue weighted by atomic mass is 10.0. The molecule has 1 atom stereocenters. The summed E-state index contributed by atoms with van der Waals surface area (Å²) in [4.78, 5) is 12.5. The van der Waals surface area contributed by atoms with Crippen LogP contribution in [0.15, 0.2) is 72.0 Å². The Morgan fingerprint density at radius 2 is 1.84 bits per heavy atom. The lowest BCUT2D eigenvalue weighted by molar-refractivity contribution is -0.137. The van der Waals surface area contributed by atoms with E-state index in [2.05, 4.69) is 20.3 Å². The van der Waals surface area contributed by atoms with Crippen molar-refractivity contribution in [3.63, 3.8) is 0 Å². The molecule has 4 aromatic rings. The third kappa shape index (κ3) is 4.87. The number of rotatable bonds is 6. The van der Waals surface area contributed by atoms with Gasteiger partial charge in [-0.2, -0.15) is 17.5 Å². The average molecular weight is 530 g/mol. The third-order valence-electron chi connectivity index (χ3n) is 6.28. The number of nitrogens with zero attached hydrogens (tertiary/aromatic N) is 4. The molecule has 3 heterocycles. The minimum atomic E-state index is -4.55. The molecule has 0 bridgehead atoms. The van der Waals surface area contributed by atoms with Gasteiger partial charge in [0.1, 0.15) is 12.1 Å². The number of hydrogen-bond donors (Lipinski definition) is 2. The number of pyridine rings is 1. The van der Waals surface area contributed by atoms with Gasteiger partial charge in [0.25, 0.3) is 0 Å². The number of benzene rings is 2. The van der Waals surface area contributed by atoms with Crippen LogP contribution in [-0.4, -0.2) is 52.0 Å². The maximum Gasteiger partial charge on any atom is 0.418 e. The van der Waals surface area contributed by atoms with Crippen LogP contribution in [0.5, 0.6) is 0 Å². The van der Waals surface area contributed by atoms with Gasteiger partial charge in [-0.1, -0.05) is 6.07 Å². The van der Waals surface area contributed by atoms with Crippen LogP contribution in [0.2, 0.25) is 0 Å². The highest BCUT2D eigenvalue weighted by Crippen LogP contribution is 2.37. The van der Waals surface area contributed by atoms with E-state index in [0.717, 1.165) is 6.07 Å². The Balaban J connectivity index is 1.42. The van der Waals surface area contributed by atoms with E-state index in [1.165, 1.54) is 47.2 Å². The first kappa shape index (κ1) is 25.1. The first-order chi connectivity index (χ1) is 17.7. The maximum absolute atomic E-state index is 13.5. The quantitative estimate of drug-likeness (QED) is 0.376. The van der Waals surface area contributed by atoms with Gasteiger partial charge in [-0.15, -0.1) is 0 Å². The van der Waals surface area contributed by atoms with Gasteiger partial charge in [-0.25, -0.2) is 18.4 Å². The number of anilines is 2. The van der Waals surface area contributed by atoms with Crippen molar-refractivity contribution in [1.82, 2.24) is 19.3 Å². The Hall–Kier alpha value is -3.61. The van der Waals surface area contributed by atoms with E-state index in [-0.39, 0.29) is 22.8 Å². The zero-order valence-corrected chi connectivity index (χ0v) is 20.2. The molecule has 0 radical (unpaired) electrons. The smallest absolute Gasteiger partial charge is 0.395 e. The van der Waals surface area contributed by atoms with Crippen LogP contribution in [0.3, 0.4) is 0 Å². The van der Waals surface area contributed by atoms with Gasteiger partial charge in [-0.3, -0.25) is 4.98 Å². The summed E-state index contributed by atoms with van der Waals surface area (Å²) >= 11 is 0. The highest BCUT2D eigenvalue weighted by atomic mass is 32.2. The van der Waals surface area contributed by atoms with Gasteiger partial charge < -0.3 is 10.4 Å². The summed E-state index contributed by atoms with van der Waals surface area (Å²) in [7, 11) is -3.74. The van der Waals surface area contributed by atoms with E-state index in [1.54, 1.807) is 18.2 Å². The molecule has 0 saturated carbocycles. The zero-order valence-electron chi connectivity index (χ0n) is 19.4. The Kier molecular flexibility index (Phi) is 6.56. The van der Waals surface area contributed by atoms with Gasteiger partial charge in [0.05, 0.1) is 28.3 Å².